The maximum atomic E-state index is 10.7. The van der Waals surface area contributed by atoms with Crippen molar-refractivity contribution in [2.24, 2.45) is 5.92 Å². The van der Waals surface area contributed by atoms with E-state index in [-0.39, 0.29) is 17.9 Å². The van der Waals surface area contributed by atoms with Crippen molar-refractivity contribution < 1.29 is 19.2 Å². The zero-order chi connectivity index (χ0) is 11.7. The van der Waals surface area contributed by atoms with Gasteiger partial charge in [-0.1, -0.05) is 5.16 Å². The van der Waals surface area contributed by atoms with Crippen LogP contribution in [0.2, 0.25) is 0 Å². The number of ether oxygens (including phenoxy) is 1. The quantitative estimate of drug-likeness (QED) is 0.815. The monoisotopic (exact) mass is 226 g/mol. The molecule has 88 valence electrons. The molecule has 0 aromatic carbocycles. The van der Waals surface area contributed by atoms with Crippen LogP contribution in [0.25, 0.3) is 0 Å². The lowest BCUT2D eigenvalue weighted by molar-refractivity contribution is -0.138. The molecule has 1 fully saturated rings. The van der Waals surface area contributed by atoms with Crippen molar-refractivity contribution in [3.63, 3.8) is 0 Å². The van der Waals surface area contributed by atoms with Crippen molar-refractivity contribution in [1.82, 2.24) is 10.1 Å². The highest BCUT2D eigenvalue weighted by atomic mass is 16.5. The Labute approximate surface area is 92.6 Å². The summed E-state index contributed by atoms with van der Waals surface area (Å²) in [6, 6.07) is 0. The Bertz CT molecular complexity index is 390. The first-order valence-electron chi connectivity index (χ1n) is 5.31. The van der Waals surface area contributed by atoms with Crippen molar-refractivity contribution in [3.8, 4) is 0 Å². The number of nitrogens with zero attached hydrogens (tertiary/aromatic N) is 2. The van der Waals surface area contributed by atoms with Crippen molar-refractivity contribution in [3.05, 3.63) is 11.7 Å². The minimum atomic E-state index is -0.803. The van der Waals surface area contributed by atoms with Gasteiger partial charge in [0.1, 0.15) is 6.10 Å². The Hall–Kier alpha value is -1.43. The molecule has 3 atom stereocenters. The van der Waals surface area contributed by atoms with Crippen LogP contribution in [0.1, 0.15) is 44.0 Å². The molecule has 6 nitrogen and oxygen atoms in total. The Kier molecular flexibility index (Phi) is 2.91. The molecule has 1 aliphatic carbocycles. The second kappa shape index (κ2) is 4.21. The Morgan fingerprint density at radius 1 is 1.75 bits per heavy atom. The van der Waals surface area contributed by atoms with E-state index in [0.717, 1.165) is 0 Å². The molecule has 1 heterocycles. The zero-order valence-electron chi connectivity index (χ0n) is 9.21. The van der Waals surface area contributed by atoms with E-state index in [1.54, 1.807) is 0 Å². The third-order valence-electron chi connectivity index (χ3n) is 2.66. The van der Waals surface area contributed by atoms with Gasteiger partial charge in [-0.15, -0.1) is 0 Å². The number of aliphatic carboxylic acids is 1. The molecule has 16 heavy (non-hydrogen) atoms. The number of hydrogen-bond acceptors (Lipinski definition) is 5. The van der Waals surface area contributed by atoms with Crippen LogP contribution in [-0.2, 0) is 9.53 Å². The molecule has 0 aliphatic heterocycles. The van der Waals surface area contributed by atoms with Crippen LogP contribution in [0.4, 0.5) is 0 Å². The van der Waals surface area contributed by atoms with Gasteiger partial charge in [-0.25, -0.2) is 0 Å². The van der Waals surface area contributed by atoms with Crippen molar-refractivity contribution >= 4 is 5.97 Å². The van der Waals surface area contributed by atoms with Crippen LogP contribution in [-0.4, -0.2) is 27.8 Å². The summed E-state index contributed by atoms with van der Waals surface area (Å²) in [5.74, 6) is -0.396. The van der Waals surface area contributed by atoms with E-state index in [1.165, 1.54) is 0 Å². The predicted octanol–water partition coefficient (Wildman–Crippen LogP) is 1.36. The van der Waals surface area contributed by atoms with Crippen LogP contribution in [0.5, 0.6) is 0 Å². The molecule has 0 saturated heterocycles. The Balaban J connectivity index is 2.01. The summed E-state index contributed by atoms with van der Waals surface area (Å²) in [6.45, 7) is 4.30. The van der Waals surface area contributed by atoms with Crippen molar-refractivity contribution in [2.75, 3.05) is 6.61 Å². The molecular formula is C10H14N2O4. The fraction of sp³-hybridized carbons (Fsp3) is 0.700. The van der Waals surface area contributed by atoms with Gasteiger partial charge >= 0.3 is 5.97 Å². The minimum Gasteiger partial charge on any atom is -0.481 e. The SMILES string of the molecule is CCOC(C)c1noc(C2CC2C(=O)O)n1. The first kappa shape index (κ1) is 11.1. The van der Waals surface area contributed by atoms with Gasteiger partial charge in [0.2, 0.25) is 5.89 Å². The average Bonchev–Trinajstić information content (AvgIpc) is 2.89. The van der Waals surface area contributed by atoms with E-state index in [1.807, 2.05) is 13.8 Å². The lowest BCUT2D eigenvalue weighted by Crippen LogP contribution is -2.02. The van der Waals surface area contributed by atoms with Gasteiger partial charge in [0, 0.05) is 6.61 Å². The summed E-state index contributed by atoms with van der Waals surface area (Å²) in [6.07, 6.45) is 0.365. The summed E-state index contributed by atoms with van der Waals surface area (Å²) in [7, 11) is 0. The van der Waals surface area contributed by atoms with Gasteiger partial charge < -0.3 is 14.4 Å². The van der Waals surface area contributed by atoms with Gasteiger partial charge in [-0.3, -0.25) is 4.79 Å². The minimum absolute atomic E-state index is 0.118. The van der Waals surface area contributed by atoms with Crippen LogP contribution in [0, 0.1) is 5.92 Å². The second-order valence-corrected chi connectivity index (χ2v) is 3.88. The maximum Gasteiger partial charge on any atom is 0.307 e. The second-order valence-electron chi connectivity index (χ2n) is 3.88. The highest BCUT2D eigenvalue weighted by Gasteiger charge is 2.48. The fourth-order valence-electron chi connectivity index (χ4n) is 1.63. The topological polar surface area (TPSA) is 85.5 Å². The van der Waals surface area contributed by atoms with E-state index in [2.05, 4.69) is 10.1 Å². The normalized spacial score (nSPS) is 25.4. The van der Waals surface area contributed by atoms with Gasteiger partial charge in [0.25, 0.3) is 0 Å². The molecular weight excluding hydrogens is 212 g/mol. The number of carboxylic acids is 1. The van der Waals surface area contributed by atoms with Crippen LogP contribution in [0.3, 0.4) is 0 Å². The van der Waals surface area contributed by atoms with E-state index in [4.69, 9.17) is 14.4 Å². The fourth-order valence-corrected chi connectivity index (χ4v) is 1.63. The van der Waals surface area contributed by atoms with E-state index >= 15 is 0 Å². The molecule has 1 aromatic heterocycles. The Morgan fingerprint density at radius 3 is 3.06 bits per heavy atom. The van der Waals surface area contributed by atoms with E-state index in [9.17, 15) is 4.79 Å². The molecule has 3 unspecified atom stereocenters. The van der Waals surface area contributed by atoms with Gasteiger partial charge in [0.05, 0.1) is 11.8 Å². The number of carbonyl (C=O) groups is 1. The van der Waals surface area contributed by atoms with E-state index in [0.29, 0.717) is 24.7 Å². The zero-order valence-corrected chi connectivity index (χ0v) is 9.21. The molecule has 1 aromatic rings. The summed E-state index contributed by atoms with van der Waals surface area (Å²) < 4.78 is 10.3. The third-order valence-corrected chi connectivity index (χ3v) is 2.66. The first-order chi connectivity index (χ1) is 7.63. The largest absolute Gasteiger partial charge is 0.481 e. The molecule has 0 amide bonds. The molecule has 1 N–H and O–H groups in total. The third kappa shape index (κ3) is 2.06. The average molecular weight is 226 g/mol. The standard InChI is InChI=1S/C10H14N2O4/c1-3-15-5(2)8-11-9(16-12-8)6-4-7(6)10(13)14/h5-7H,3-4H2,1-2H3,(H,13,14). The molecule has 0 bridgehead atoms. The molecule has 0 spiro atoms. The molecule has 1 aliphatic rings. The lowest BCUT2D eigenvalue weighted by Gasteiger charge is -2.04. The number of hydrogen-bond donors (Lipinski definition) is 1. The van der Waals surface area contributed by atoms with Crippen LogP contribution < -0.4 is 0 Å². The van der Waals surface area contributed by atoms with Crippen molar-refractivity contribution in [2.45, 2.75) is 32.3 Å². The molecule has 6 heteroatoms. The number of aromatic nitrogens is 2. The summed E-state index contributed by atoms with van der Waals surface area (Å²) in [5.41, 5.74) is 0. The summed E-state index contributed by atoms with van der Waals surface area (Å²) in [5, 5.41) is 12.6. The predicted molar refractivity (Wildman–Crippen MR) is 52.8 cm³/mol. The maximum absolute atomic E-state index is 10.7. The molecule has 1 saturated carbocycles. The number of rotatable bonds is 5. The smallest absolute Gasteiger partial charge is 0.307 e. The highest BCUT2D eigenvalue weighted by molar-refractivity contribution is 5.74. The lowest BCUT2D eigenvalue weighted by atomic mass is 10.3. The van der Waals surface area contributed by atoms with Crippen LogP contribution in [0.15, 0.2) is 4.52 Å². The molecule has 2 rings (SSSR count). The van der Waals surface area contributed by atoms with Crippen molar-refractivity contribution in [1.29, 1.82) is 0 Å². The summed E-state index contributed by atoms with van der Waals surface area (Å²) in [4.78, 5) is 14.8. The van der Waals surface area contributed by atoms with Crippen LogP contribution >= 0.6 is 0 Å². The Morgan fingerprint density at radius 2 is 2.50 bits per heavy atom. The summed E-state index contributed by atoms with van der Waals surface area (Å²) >= 11 is 0. The molecule has 0 radical (unpaired) electrons. The van der Waals surface area contributed by atoms with Gasteiger partial charge in [-0.05, 0) is 20.3 Å². The van der Waals surface area contributed by atoms with E-state index < -0.39 is 5.97 Å². The number of carboxylic acid groups (broad SMARTS) is 1. The highest BCUT2D eigenvalue weighted by Crippen LogP contribution is 2.46. The first-order valence-corrected chi connectivity index (χ1v) is 5.31. The van der Waals surface area contributed by atoms with Gasteiger partial charge in [0.15, 0.2) is 5.82 Å². The van der Waals surface area contributed by atoms with Gasteiger partial charge in [-0.2, -0.15) is 4.98 Å².